The molecule has 0 saturated carbocycles. The third-order valence-corrected chi connectivity index (χ3v) is 4.31. The second-order valence-electron chi connectivity index (χ2n) is 7.21. The highest BCUT2D eigenvalue weighted by atomic mass is 16.6. The van der Waals surface area contributed by atoms with Crippen molar-refractivity contribution in [3.63, 3.8) is 0 Å². The summed E-state index contributed by atoms with van der Waals surface area (Å²) in [6.45, 7) is 14.1. The Kier molecular flexibility index (Phi) is 29.3. The molecule has 10 nitrogen and oxygen atoms in total. The standard InChI is InChI=1S/C23H48O10/c1-3-23(2)22-33-21-20-32-19-18-31-17-16-30-15-14-29-13-12-28-11-10-27-9-8-26-7-6-25-5-4-24/h23-24H,3-22H2,1-2H3. The van der Waals surface area contributed by atoms with Gasteiger partial charge in [0.1, 0.15) is 0 Å². The van der Waals surface area contributed by atoms with Gasteiger partial charge in [0.2, 0.25) is 0 Å². The fourth-order valence-corrected chi connectivity index (χ4v) is 2.23. The Balaban J connectivity index is 3.01. The van der Waals surface area contributed by atoms with Gasteiger partial charge < -0.3 is 47.7 Å². The van der Waals surface area contributed by atoms with E-state index in [0.717, 1.165) is 13.0 Å². The summed E-state index contributed by atoms with van der Waals surface area (Å²) in [7, 11) is 0. The zero-order chi connectivity index (χ0) is 24.1. The van der Waals surface area contributed by atoms with Crippen LogP contribution in [0.2, 0.25) is 0 Å². The van der Waals surface area contributed by atoms with E-state index in [4.69, 9.17) is 47.7 Å². The molecule has 0 heterocycles. The first kappa shape index (κ1) is 32.6. The van der Waals surface area contributed by atoms with E-state index in [9.17, 15) is 0 Å². The highest BCUT2D eigenvalue weighted by molar-refractivity contribution is 4.46. The second kappa shape index (κ2) is 29.6. The van der Waals surface area contributed by atoms with Gasteiger partial charge in [-0.2, -0.15) is 0 Å². The van der Waals surface area contributed by atoms with Gasteiger partial charge in [-0.15, -0.1) is 0 Å². The largest absolute Gasteiger partial charge is 0.394 e. The van der Waals surface area contributed by atoms with Crippen molar-refractivity contribution in [3.05, 3.63) is 0 Å². The fourth-order valence-electron chi connectivity index (χ4n) is 2.23. The number of hydrogen-bond acceptors (Lipinski definition) is 10. The molecule has 1 unspecified atom stereocenters. The SMILES string of the molecule is CCC(C)COCCOCCOCCOCCOCCOCCOCCOCCOCCO. The first-order valence-corrected chi connectivity index (χ1v) is 12.1. The second-order valence-corrected chi connectivity index (χ2v) is 7.21. The molecule has 0 spiro atoms. The lowest BCUT2D eigenvalue weighted by Gasteiger charge is -2.10. The van der Waals surface area contributed by atoms with E-state index in [-0.39, 0.29) is 6.61 Å². The molecule has 0 fully saturated rings. The molecule has 0 bridgehead atoms. The summed E-state index contributed by atoms with van der Waals surface area (Å²) in [5, 5.41) is 8.55. The average Bonchev–Trinajstić information content (AvgIpc) is 2.83. The molecule has 0 aliphatic rings. The van der Waals surface area contributed by atoms with Gasteiger partial charge >= 0.3 is 0 Å². The van der Waals surface area contributed by atoms with Crippen LogP contribution in [0.15, 0.2) is 0 Å². The topological polar surface area (TPSA) is 103 Å². The highest BCUT2D eigenvalue weighted by Gasteiger charge is 1.98. The lowest BCUT2D eigenvalue weighted by molar-refractivity contribution is -0.0260. The maximum atomic E-state index is 8.55. The van der Waals surface area contributed by atoms with Crippen molar-refractivity contribution < 1.29 is 47.7 Å². The molecule has 0 aromatic carbocycles. The van der Waals surface area contributed by atoms with Crippen molar-refractivity contribution in [1.82, 2.24) is 0 Å². The quantitative estimate of drug-likeness (QED) is 0.156. The van der Waals surface area contributed by atoms with E-state index in [1.54, 1.807) is 0 Å². The van der Waals surface area contributed by atoms with Crippen LogP contribution in [0.1, 0.15) is 20.3 Å². The maximum Gasteiger partial charge on any atom is 0.0701 e. The van der Waals surface area contributed by atoms with E-state index in [2.05, 4.69) is 13.8 Å². The first-order chi connectivity index (χ1) is 16.3. The molecule has 33 heavy (non-hydrogen) atoms. The van der Waals surface area contributed by atoms with Crippen LogP contribution >= 0.6 is 0 Å². The Morgan fingerprint density at radius 1 is 0.424 bits per heavy atom. The highest BCUT2D eigenvalue weighted by Crippen LogP contribution is 1.99. The zero-order valence-electron chi connectivity index (χ0n) is 20.8. The van der Waals surface area contributed by atoms with Gasteiger partial charge in [0.15, 0.2) is 0 Å². The Hall–Kier alpha value is -0.400. The van der Waals surface area contributed by atoms with Crippen molar-refractivity contribution in [3.8, 4) is 0 Å². The Morgan fingerprint density at radius 2 is 0.667 bits per heavy atom. The molecule has 0 saturated heterocycles. The number of ether oxygens (including phenoxy) is 9. The Morgan fingerprint density at radius 3 is 0.909 bits per heavy atom. The lowest BCUT2D eigenvalue weighted by atomic mass is 10.1. The zero-order valence-corrected chi connectivity index (χ0v) is 20.8. The van der Waals surface area contributed by atoms with Crippen LogP contribution in [0.5, 0.6) is 0 Å². The van der Waals surface area contributed by atoms with Crippen molar-refractivity contribution in [2.24, 2.45) is 5.92 Å². The molecular weight excluding hydrogens is 436 g/mol. The molecular formula is C23H48O10. The molecule has 1 N–H and O–H groups in total. The van der Waals surface area contributed by atoms with E-state index >= 15 is 0 Å². The van der Waals surface area contributed by atoms with Crippen LogP contribution in [0.3, 0.4) is 0 Å². The van der Waals surface area contributed by atoms with Gasteiger partial charge in [0.05, 0.1) is 119 Å². The average molecular weight is 485 g/mol. The van der Waals surface area contributed by atoms with E-state index < -0.39 is 0 Å². The fraction of sp³-hybridized carbons (Fsp3) is 1.00. The smallest absolute Gasteiger partial charge is 0.0701 e. The summed E-state index contributed by atoms with van der Waals surface area (Å²) >= 11 is 0. The molecule has 0 aromatic rings. The summed E-state index contributed by atoms with van der Waals surface area (Å²) in [4.78, 5) is 0. The molecule has 0 rings (SSSR count). The number of rotatable bonds is 29. The minimum atomic E-state index is 0.0320. The van der Waals surface area contributed by atoms with Crippen molar-refractivity contribution in [2.75, 3.05) is 126 Å². The predicted octanol–water partition coefficient (Wildman–Crippen LogP) is 1.17. The first-order valence-electron chi connectivity index (χ1n) is 12.1. The molecule has 0 radical (unpaired) electrons. The van der Waals surface area contributed by atoms with Crippen LogP contribution in [0, 0.1) is 5.92 Å². The maximum absolute atomic E-state index is 8.55. The molecule has 10 heteroatoms. The van der Waals surface area contributed by atoms with Gasteiger partial charge in [-0.25, -0.2) is 0 Å². The molecule has 0 aromatic heterocycles. The molecule has 0 aliphatic heterocycles. The summed E-state index contributed by atoms with van der Waals surface area (Å²) < 4.78 is 48.5. The Bertz CT molecular complexity index is 349. The predicted molar refractivity (Wildman–Crippen MR) is 124 cm³/mol. The van der Waals surface area contributed by atoms with Gasteiger partial charge in [0.25, 0.3) is 0 Å². The lowest BCUT2D eigenvalue weighted by Crippen LogP contribution is -2.15. The van der Waals surface area contributed by atoms with Crippen molar-refractivity contribution in [2.45, 2.75) is 20.3 Å². The molecule has 0 amide bonds. The van der Waals surface area contributed by atoms with Crippen LogP contribution in [0.4, 0.5) is 0 Å². The normalized spacial score (nSPS) is 12.5. The van der Waals surface area contributed by atoms with Gasteiger partial charge in [-0.1, -0.05) is 20.3 Å². The van der Waals surface area contributed by atoms with Crippen molar-refractivity contribution in [1.29, 1.82) is 0 Å². The van der Waals surface area contributed by atoms with Gasteiger partial charge in [-0.05, 0) is 5.92 Å². The number of aliphatic hydroxyl groups excluding tert-OH is 1. The Labute approximate surface area is 200 Å². The molecule has 0 aliphatic carbocycles. The third-order valence-electron chi connectivity index (χ3n) is 4.31. The minimum absolute atomic E-state index is 0.0320. The molecule has 200 valence electrons. The summed E-state index contributed by atoms with van der Waals surface area (Å²) in [5.74, 6) is 0.602. The number of aliphatic hydroxyl groups is 1. The van der Waals surface area contributed by atoms with Crippen LogP contribution in [-0.4, -0.2) is 131 Å². The minimum Gasteiger partial charge on any atom is -0.394 e. The molecule has 1 atom stereocenters. The van der Waals surface area contributed by atoms with Crippen LogP contribution < -0.4 is 0 Å². The summed E-state index contributed by atoms with van der Waals surface area (Å²) in [6, 6.07) is 0. The van der Waals surface area contributed by atoms with E-state index in [0.29, 0.717) is 118 Å². The van der Waals surface area contributed by atoms with Gasteiger partial charge in [0, 0.05) is 6.61 Å². The van der Waals surface area contributed by atoms with Gasteiger partial charge in [-0.3, -0.25) is 0 Å². The van der Waals surface area contributed by atoms with Crippen LogP contribution in [-0.2, 0) is 42.6 Å². The van der Waals surface area contributed by atoms with Crippen LogP contribution in [0.25, 0.3) is 0 Å². The van der Waals surface area contributed by atoms with E-state index in [1.807, 2.05) is 0 Å². The van der Waals surface area contributed by atoms with Crippen molar-refractivity contribution >= 4 is 0 Å². The number of hydrogen-bond donors (Lipinski definition) is 1. The summed E-state index contributed by atoms with van der Waals surface area (Å²) in [5.41, 5.74) is 0. The van der Waals surface area contributed by atoms with E-state index in [1.165, 1.54) is 0 Å². The summed E-state index contributed by atoms with van der Waals surface area (Å²) in [6.07, 6.45) is 1.14. The monoisotopic (exact) mass is 484 g/mol. The third kappa shape index (κ3) is 29.6.